The van der Waals surface area contributed by atoms with E-state index in [9.17, 15) is 4.79 Å². The lowest BCUT2D eigenvalue weighted by molar-refractivity contribution is -0.116. The van der Waals surface area contributed by atoms with E-state index in [4.69, 9.17) is 11.6 Å². The summed E-state index contributed by atoms with van der Waals surface area (Å²) in [4.78, 5) is 20.3. The minimum absolute atomic E-state index is 0.129. The van der Waals surface area contributed by atoms with Gasteiger partial charge in [0.05, 0.1) is 11.0 Å². The van der Waals surface area contributed by atoms with Crippen LogP contribution in [0.4, 0.5) is 5.95 Å². The molecule has 1 amide bonds. The van der Waals surface area contributed by atoms with Crippen LogP contribution in [0.3, 0.4) is 0 Å². The second-order valence-electron chi connectivity index (χ2n) is 4.61. The Morgan fingerprint density at radius 1 is 1.48 bits per heavy atom. The van der Waals surface area contributed by atoms with Gasteiger partial charge in [0.2, 0.25) is 11.9 Å². The van der Waals surface area contributed by atoms with Gasteiger partial charge in [-0.25, -0.2) is 9.97 Å². The lowest BCUT2D eigenvalue weighted by Gasteiger charge is -2.04. The summed E-state index contributed by atoms with van der Waals surface area (Å²) < 4.78 is 1.82. The van der Waals surface area contributed by atoms with E-state index in [0.29, 0.717) is 29.6 Å². The quantitative estimate of drug-likeness (QED) is 0.770. The number of nitrogens with zero attached hydrogens (tertiary/aromatic N) is 4. The lowest BCUT2D eigenvalue weighted by atomic mass is 10.3. The van der Waals surface area contributed by atoms with Crippen molar-refractivity contribution in [3.05, 3.63) is 35.4 Å². The van der Waals surface area contributed by atoms with Crippen LogP contribution in [0.25, 0.3) is 11.0 Å². The Hall–Kier alpha value is -2.41. The minimum atomic E-state index is -0.129. The topological polar surface area (TPSA) is 88.5 Å². The van der Waals surface area contributed by atoms with Crippen LogP contribution in [0.2, 0.25) is 5.02 Å². The maximum absolute atomic E-state index is 12.0. The van der Waals surface area contributed by atoms with E-state index in [1.165, 1.54) is 6.33 Å². The molecule has 3 aromatic rings. The lowest BCUT2D eigenvalue weighted by Crippen LogP contribution is -2.15. The summed E-state index contributed by atoms with van der Waals surface area (Å²) in [5.41, 5.74) is 1.65. The Labute approximate surface area is 125 Å². The predicted molar refractivity (Wildman–Crippen MR) is 79.1 cm³/mol. The van der Waals surface area contributed by atoms with E-state index < -0.39 is 0 Å². The highest BCUT2D eigenvalue weighted by molar-refractivity contribution is 6.31. The number of amides is 1. The predicted octanol–water partition coefficient (Wildman–Crippen LogP) is 1.92. The first-order valence-corrected chi connectivity index (χ1v) is 6.77. The number of aromatic amines is 1. The van der Waals surface area contributed by atoms with Crippen molar-refractivity contribution in [1.29, 1.82) is 0 Å². The van der Waals surface area contributed by atoms with E-state index in [1.807, 2.05) is 17.7 Å². The largest absolute Gasteiger partial charge is 0.313 e. The Morgan fingerprint density at radius 3 is 3.10 bits per heavy atom. The molecule has 2 aromatic heterocycles. The molecule has 0 spiro atoms. The van der Waals surface area contributed by atoms with Crippen molar-refractivity contribution in [2.45, 2.75) is 12.8 Å². The Morgan fingerprint density at radius 2 is 2.33 bits per heavy atom. The molecule has 1 aromatic carbocycles. The number of benzene rings is 1. The molecule has 0 unspecified atom stereocenters. The van der Waals surface area contributed by atoms with Crippen LogP contribution in [0.1, 0.15) is 12.2 Å². The highest BCUT2D eigenvalue weighted by Gasteiger charge is 2.11. The van der Waals surface area contributed by atoms with E-state index in [0.717, 1.165) is 11.0 Å². The summed E-state index contributed by atoms with van der Waals surface area (Å²) in [5, 5.41) is 9.86. The normalized spacial score (nSPS) is 11.0. The average Bonchev–Trinajstić information content (AvgIpc) is 3.06. The number of fused-ring (bicyclic) bond motifs is 1. The molecule has 0 aliphatic carbocycles. The second-order valence-corrected chi connectivity index (χ2v) is 5.04. The molecule has 0 radical (unpaired) electrons. The van der Waals surface area contributed by atoms with Gasteiger partial charge in [-0.1, -0.05) is 11.6 Å². The number of carbonyl (C=O) groups is 1. The molecule has 0 saturated heterocycles. The number of hydrogen-bond acceptors (Lipinski definition) is 4. The van der Waals surface area contributed by atoms with Crippen LogP contribution in [-0.4, -0.2) is 30.6 Å². The molecule has 0 saturated carbocycles. The molecule has 0 aliphatic heterocycles. The van der Waals surface area contributed by atoms with Gasteiger partial charge in [0.1, 0.15) is 12.2 Å². The summed E-state index contributed by atoms with van der Waals surface area (Å²) in [6, 6.07) is 5.43. The fourth-order valence-corrected chi connectivity index (χ4v) is 2.22. The monoisotopic (exact) mass is 304 g/mol. The third-order valence-electron chi connectivity index (χ3n) is 3.15. The zero-order valence-corrected chi connectivity index (χ0v) is 12.1. The Balaban J connectivity index is 1.72. The molecule has 21 heavy (non-hydrogen) atoms. The van der Waals surface area contributed by atoms with Crippen LogP contribution < -0.4 is 5.32 Å². The number of aromatic nitrogens is 5. The first-order valence-electron chi connectivity index (χ1n) is 6.39. The molecule has 8 heteroatoms. The van der Waals surface area contributed by atoms with Crippen molar-refractivity contribution >= 4 is 34.5 Å². The average molecular weight is 305 g/mol. The van der Waals surface area contributed by atoms with Crippen LogP contribution in [0, 0.1) is 0 Å². The molecular weight excluding hydrogens is 292 g/mol. The number of H-pyrrole nitrogens is 1. The van der Waals surface area contributed by atoms with Gasteiger partial charge in [-0.3, -0.25) is 15.2 Å². The van der Waals surface area contributed by atoms with E-state index in [1.54, 1.807) is 12.1 Å². The van der Waals surface area contributed by atoms with Crippen LogP contribution in [0.5, 0.6) is 0 Å². The van der Waals surface area contributed by atoms with Crippen molar-refractivity contribution in [2.75, 3.05) is 5.32 Å². The summed E-state index contributed by atoms with van der Waals surface area (Å²) in [7, 11) is 1.84. The van der Waals surface area contributed by atoms with Gasteiger partial charge in [0.25, 0.3) is 0 Å². The highest BCUT2D eigenvalue weighted by atomic mass is 35.5. The minimum Gasteiger partial charge on any atom is -0.313 e. The van der Waals surface area contributed by atoms with Crippen LogP contribution >= 0.6 is 11.6 Å². The molecule has 2 N–H and O–H groups in total. The number of halogens is 1. The van der Waals surface area contributed by atoms with Gasteiger partial charge >= 0.3 is 0 Å². The summed E-state index contributed by atoms with van der Waals surface area (Å²) in [5.74, 6) is 1.05. The van der Waals surface area contributed by atoms with Crippen LogP contribution in [-0.2, 0) is 18.3 Å². The van der Waals surface area contributed by atoms with Crippen molar-refractivity contribution in [3.8, 4) is 0 Å². The maximum atomic E-state index is 12.0. The molecule has 0 atom stereocenters. The molecule has 0 bridgehead atoms. The fraction of sp³-hybridized carbons (Fsp3) is 0.231. The summed E-state index contributed by atoms with van der Waals surface area (Å²) >= 11 is 5.94. The molecule has 3 rings (SSSR count). The molecule has 108 valence electrons. The molecule has 7 nitrogen and oxygen atoms in total. The summed E-state index contributed by atoms with van der Waals surface area (Å²) in [6.45, 7) is 0. The third-order valence-corrected chi connectivity index (χ3v) is 3.38. The van der Waals surface area contributed by atoms with E-state index in [2.05, 4.69) is 25.5 Å². The van der Waals surface area contributed by atoms with Crippen molar-refractivity contribution < 1.29 is 4.79 Å². The second kappa shape index (κ2) is 5.53. The Kier molecular flexibility index (Phi) is 3.57. The number of hydrogen-bond donors (Lipinski definition) is 2. The van der Waals surface area contributed by atoms with Crippen molar-refractivity contribution in [1.82, 2.24) is 24.7 Å². The van der Waals surface area contributed by atoms with Crippen molar-refractivity contribution in [2.24, 2.45) is 7.05 Å². The zero-order chi connectivity index (χ0) is 14.8. The number of aryl methyl sites for hydroxylation is 2. The molecule has 2 heterocycles. The Bertz CT molecular complexity index is 779. The smallest absolute Gasteiger partial charge is 0.227 e. The fourth-order valence-electron chi connectivity index (χ4n) is 2.06. The molecule has 0 fully saturated rings. The highest BCUT2D eigenvalue weighted by Crippen LogP contribution is 2.21. The van der Waals surface area contributed by atoms with Gasteiger partial charge in [0.15, 0.2) is 0 Å². The standard InChI is InChI=1S/C13H13ClN6O/c1-20-10-3-2-8(14)6-9(10)17-13(20)18-12(21)5-4-11-15-7-16-19-11/h2-3,6-7H,4-5H2,1H3,(H,15,16,19)(H,17,18,21). The van der Waals surface area contributed by atoms with Gasteiger partial charge < -0.3 is 4.57 Å². The van der Waals surface area contributed by atoms with Gasteiger partial charge in [0, 0.05) is 24.9 Å². The van der Waals surface area contributed by atoms with E-state index >= 15 is 0 Å². The third kappa shape index (κ3) is 2.87. The SMILES string of the molecule is Cn1c(NC(=O)CCc2ncn[nH]2)nc2cc(Cl)ccc21. The maximum Gasteiger partial charge on any atom is 0.227 e. The number of imidazole rings is 1. The van der Waals surface area contributed by atoms with Crippen molar-refractivity contribution in [3.63, 3.8) is 0 Å². The van der Waals surface area contributed by atoms with Gasteiger partial charge in [-0.2, -0.15) is 5.10 Å². The summed E-state index contributed by atoms with van der Waals surface area (Å²) in [6.07, 6.45) is 2.23. The zero-order valence-electron chi connectivity index (χ0n) is 11.3. The van der Waals surface area contributed by atoms with Gasteiger partial charge in [-0.05, 0) is 18.2 Å². The van der Waals surface area contributed by atoms with Gasteiger partial charge in [-0.15, -0.1) is 0 Å². The number of carbonyl (C=O) groups excluding carboxylic acids is 1. The molecular formula is C13H13ClN6O. The first kappa shape index (κ1) is 13.6. The molecule has 0 aliphatic rings. The first-order chi connectivity index (χ1) is 10.1. The number of nitrogens with one attached hydrogen (secondary N) is 2. The number of rotatable bonds is 4. The van der Waals surface area contributed by atoms with E-state index in [-0.39, 0.29) is 5.91 Å². The van der Waals surface area contributed by atoms with Crippen LogP contribution in [0.15, 0.2) is 24.5 Å². The number of anilines is 1.